The van der Waals surface area contributed by atoms with E-state index in [-0.39, 0.29) is 11.7 Å². The van der Waals surface area contributed by atoms with Gasteiger partial charge in [0.05, 0.1) is 6.20 Å². The van der Waals surface area contributed by atoms with Gasteiger partial charge in [-0.3, -0.25) is 4.79 Å². The molecule has 0 aliphatic rings. The Kier molecular flexibility index (Phi) is 3.87. The molecule has 0 bridgehead atoms. The third-order valence-corrected chi connectivity index (χ3v) is 2.70. The molecule has 0 spiro atoms. The van der Waals surface area contributed by atoms with Crippen molar-refractivity contribution in [3.8, 4) is 0 Å². The molecular formula is C14H14FN3O. The predicted molar refractivity (Wildman–Crippen MR) is 70.9 cm³/mol. The summed E-state index contributed by atoms with van der Waals surface area (Å²) in [6.07, 6.45) is 1.03. The number of hydrogen-bond acceptors (Lipinski definition) is 3. The Morgan fingerprint density at radius 1 is 1.26 bits per heavy atom. The van der Waals surface area contributed by atoms with E-state index in [2.05, 4.69) is 10.3 Å². The first-order chi connectivity index (χ1) is 9.06. The van der Waals surface area contributed by atoms with Gasteiger partial charge in [-0.2, -0.15) is 0 Å². The number of nitrogens with one attached hydrogen (secondary N) is 1. The third-order valence-electron chi connectivity index (χ3n) is 2.70. The lowest BCUT2D eigenvalue weighted by molar-refractivity contribution is -0.117. The van der Waals surface area contributed by atoms with Crippen LogP contribution in [-0.4, -0.2) is 10.9 Å². The summed E-state index contributed by atoms with van der Waals surface area (Å²) in [5, 5.41) is 2.54. The van der Waals surface area contributed by atoms with Gasteiger partial charge >= 0.3 is 0 Å². The summed E-state index contributed by atoms with van der Waals surface area (Å²) < 4.78 is 12.7. The molecule has 2 aromatic rings. The van der Waals surface area contributed by atoms with Crippen LogP contribution in [0.1, 0.15) is 17.2 Å². The maximum atomic E-state index is 12.7. The molecule has 0 aliphatic heterocycles. The van der Waals surface area contributed by atoms with Crippen LogP contribution < -0.4 is 11.1 Å². The molecule has 3 N–H and O–H groups in total. The predicted octanol–water partition coefficient (Wildman–Crippen LogP) is 2.17. The number of amides is 1. The van der Waals surface area contributed by atoms with E-state index in [0.29, 0.717) is 5.56 Å². The Labute approximate surface area is 110 Å². The van der Waals surface area contributed by atoms with Gasteiger partial charge in [0.1, 0.15) is 17.7 Å². The van der Waals surface area contributed by atoms with Gasteiger partial charge in [0.25, 0.3) is 0 Å². The highest BCUT2D eigenvalue weighted by atomic mass is 19.1. The molecule has 0 saturated carbocycles. The molecule has 2 rings (SSSR count). The number of nitrogens with two attached hydrogens (primary N) is 1. The van der Waals surface area contributed by atoms with Crippen LogP contribution in [0.25, 0.3) is 0 Å². The van der Waals surface area contributed by atoms with E-state index in [0.717, 1.165) is 11.8 Å². The number of aryl methyl sites for hydroxylation is 1. The quantitative estimate of drug-likeness (QED) is 0.887. The topological polar surface area (TPSA) is 68.0 Å². The van der Waals surface area contributed by atoms with Crippen LogP contribution in [0, 0.1) is 12.7 Å². The fourth-order valence-corrected chi connectivity index (χ4v) is 1.58. The van der Waals surface area contributed by atoms with Gasteiger partial charge in [0.2, 0.25) is 5.91 Å². The van der Waals surface area contributed by atoms with Crippen molar-refractivity contribution < 1.29 is 9.18 Å². The van der Waals surface area contributed by atoms with Crippen molar-refractivity contribution in [3.63, 3.8) is 0 Å². The molecule has 0 saturated heterocycles. The van der Waals surface area contributed by atoms with Gasteiger partial charge in [-0.25, -0.2) is 9.37 Å². The smallest absolute Gasteiger partial charge is 0.247 e. The number of anilines is 1. The molecule has 4 nitrogen and oxygen atoms in total. The van der Waals surface area contributed by atoms with Crippen molar-refractivity contribution in [3.05, 3.63) is 59.5 Å². The lowest BCUT2D eigenvalue weighted by Gasteiger charge is -2.12. The van der Waals surface area contributed by atoms with E-state index < -0.39 is 11.9 Å². The highest BCUT2D eigenvalue weighted by molar-refractivity contribution is 5.94. The average Bonchev–Trinajstić information content (AvgIpc) is 2.41. The molecule has 1 amide bonds. The van der Waals surface area contributed by atoms with Gasteiger partial charge < -0.3 is 11.1 Å². The van der Waals surface area contributed by atoms with Crippen LogP contribution >= 0.6 is 0 Å². The summed E-state index contributed by atoms with van der Waals surface area (Å²) in [7, 11) is 0. The van der Waals surface area contributed by atoms with Crippen LogP contribution in [0.2, 0.25) is 0 Å². The maximum Gasteiger partial charge on any atom is 0.247 e. The number of benzene rings is 1. The van der Waals surface area contributed by atoms with Gasteiger partial charge in [-0.15, -0.1) is 0 Å². The number of aromatic nitrogens is 1. The van der Waals surface area contributed by atoms with Crippen LogP contribution in [0.15, 0.2) is 42.6 Å². The Hall–Kier alpha value is -2.27. The fourth-order valence-electron chi connectivity index (χ4n) is 1.58. The molecule has 1 atom stereocenters. The number of hydrogen-bond donors (Lipinski definition) is 2. The summed E-state index contributed by atoms with van der Waals surface area (Å²) in [4.78, 5) is 15.7. The van der Waals surface area contributed by atoms with Crippen LogP contribution in [-0.2, 0) is 4.79 Å². The van der Waals surface area contributed by atoms with Crippen molar-refractivity contribution in [1.29, 1.82) is 0 Å². The Morgan fingerprint density at radius 3 is 2.53 bits per heavy atom. The average molecular weight is 259 g/mol. The number of rotatable bonds is 3. The minimum absolute atomic E-state index is 0.272. The summed E-state index contributed by atoms with van der Waals surface area (Å²) in [6.45, 7) is 1.96. The second-order valence-electron chi connectivity index (χ2n) is 4.24. The lowest BCUT2D eigenvalue weighted by Crippen LogP contribution is -2.28. The number of carbonyl (C=O) groups excluding carboxylic acids is 1. The van der Waals surface area contributed by atoms with Gasteiger partial charge in [0.15, 0.2) is 0 Å². The maximum absolute atomic E-state index is 12.7. The Balaban J connectivity index is 2.07. The number of pyridine rings is 1. The second kappa shape index (κ2) is 5.58. The summed E-state index contributed by atoms with van der Waals surface area (Å²) in [6, 6.07) is 9.20. The fraction of sp³-hybridized carbons (Fsp3) is 0.143. The molecule has 0 aliphatic carbocycles. The van der Waals surface area contributed by atoms with Gasteiger partial charge in [0, 0.05) is 0 Å². The molecule has 5 heteroatoms. The molecule has 1 unspecified atom stereocenters. The SMILES string of the molecule is Cc1ccc(C(N)C(=O)Nc2ccc(F)cn2)cc1. The van der Waals surface area contributed by atoms with Crippen molar-refractivity contribution in [2.75, 3.05) is 5.32 Å². The minimum Gasteiger partial charge on any atom is -0.316 e. The lowest BCUT2D eigenvalue weighted by atomic mass is 10.1. The normalized spacial score (nSPS) is 11.9. The zero-order valence-electron chi connectivity index (χ0n) is 10.4. The van der Waals surface area contributed by atoms with Crippen molar-refractivity contribution in [1.82, 2.24) is 4.98 Å². The summed E-state index contributed by atoms with van der Waals surface area (Å²) >= 11 is 0. The third kappa shape index (κ3) is 3.35. The zero-order chi connectivity index (χ0) is 13.8. The molecule has 1 aromatic carbocycles. The standard InChI is InChI=1S/C14H14FN3O/c1-9-2-4-10(5-3-9)13(16)14(19)18-12-7-6-11(15)8-17-12/h2-8,13H,16H2,1H3,(H,17,18,19). The molecular weight excluding hydrogens is 245 g/mol. The first-order valence-electron chi connectivity index (χ1n) is 5.81. The van der Waals surface area contributed by atoms with Crippen molar-refractivity contribution >= 4 is 11.7 Å². The first-order valence-corrected chi connectivity index (χ1v) is 5.81. The summed E-state index contributed by atoms with van der Waals surface area (Å²) in [5.74, 6) is -0.572. The molecule has 1 heterocycles. The van der Waals surface area contributed by atoms with Crippen LogP contribution in [0.5, 0.6) is 0 Å². The largest absolute Gasteiger partial charge is 0.316 e. The minimum atomic E-state index is -0.785. The number of carbonyl (C=O) groups is 1. The van der Waals surface area contributed by atoms with Gasteiger partial charge in [-0.05, 0) is 24.6 Å². The van der Waals surface area contributed by atoms with E-state index in [9.17, 15) is 9.18 Å². The first kappa shape index (κ1) is 13.2. The van der Waals surface area contributed by atoms with E-state index in [1.807, 2.05) is 19.1 Å². The van der Waals surface area contributed by atoms with Crippen LogP contribution in [0.4, 0.5) is 10.2 Å². The highest BCUT2D eigenvalue weighted by Crippen LogP contribution is 2.13. The second-order valence-corrected chi connectivity index (χ2v) is 4.24. The van der Waals surface area contributed by atoms with Crippen LogP contribution in [0.3, 0.4) is 0 Å². The molecule has 19 heavy (non-hydrogen) atoms. The van der Waals surface area contributed by atoms with Gasteiger partial charge in [-0.1, -0.05) is 29.8 Å². The molecule has 0 fully saturated rings. The van der Waals surface area contributed by atoms with Crippen molar-refractivity contribution in [2.45, 2.75) is 13.0 Å². The molecule has 0 radical (unpaired) electrons. The molecule has 1 aromatic heterocycles. The van der Waals surface area contributed by atoms with E-state index in [1.165, 1.54) is 12.1 Å². The molecule has 98 valence electrons. The zero-order valence-corrected chi connectivity index (χ0v) is 10.4. The monoisotopic (exact) mass is 259 g/mol. The Bertz CT molecular complexity index is 566. The Morgan fingerprint density at radius 2 is 1.95 bits per heavy atom. The number of halogens is 1. The van der Waals surface area contributed by atoms with E-state index in [1.54, 1.807) is 12.1 Å². The van der Waals surface area contributed by atoms with E-state index in [4.69, 9.17) is 5.73 Å². The highest BCUT2D eigenvalue weighted by Gasteiger charge is 2.16. The summed E-state index contributed by atoms with van der Waals surface area (Å²) in [5.41, 5.74) is 7.66. The van der Waals surface area contributed by atoms with E-state index >= 15 is 0 Å². The number of nitrogens with zero attached hydrogens (tertiary/aromatic N) is 1. The van der Waals surface area contributed by atoms with Crippen molar-refractivity contribution in [2.24, 2.45) is 5.73 Å².